The van der Waals surface area contributed by atoms with Crippen molar-refractivity contribution < 1.29 is 16.4 Å². The van der Waals surface area contributed by atoms with Crippen LogP contribution in [0.5, 0.6) is 0 Å². The van der Waals surface area contributed by atoms with Gasteiger partial charge in [-0.1, -0.05) is 0 Å². The molecule has 3 nitrogen and oxygen atoms in total. The van der Waals surface area contributed by atoms with Gasteiger partial charge in [0.25, 0.3) is 0 Å². The summed E-state index contributed by atoms with van der Waals surface area (Å²) in [7, 11) is 0. The van der Waals surface area contributed by atoms with Crippen LogP contribution in [0.2, 0.25) is 0 Å². The fourth-order valence-corrected chi connectivity index (χ4v) is 0. The van der Waals surface area contributed by atoms with Crippen molar-refractivity contribution in [3.8, 4) is 0 Å². The van der Waals surface area contributed by atoms with Gasteiger partial charge in [-0.3, -0.25) is 0 Å². The topological polar surface area (TPSA) is 87.0 Å². The second kappa shape index (κ2) is 41.8. The molecule has 0 rings (SSSR count). The molecule has 0 radical (unpaired) electrons. The maximum atomic E-state index is 0. The first-order valence-corrected chi connectivity index (χ1v) is 0. The predicted molar refractivity (Wildman–Crippen MR) is 20.6 cm³/mol. The van der Waals surface area contributed by atoms with Crippen molar-refractivity contribution in [2.24, 2.45) is 0 Å². The zero-order chi connectivity index (χ0) is 0. The Hall–Kier alpha value is 3.17. The summed E-state index contributed by atoms with van der Waals surface area (Å²) in [4.78, 5) is 0. The van der Waals surface area contributed by atoms with Gasteiger partial charge in [-0.25, -0.2) is 0 Å². The van der Waals surface area contributed by atoms with Crippen LogP contribution in [0.3, 0.4) is 0 Å². The molecule has 1 N–H and O–H groups in total. The standard InChI is InChI=1S/2Ca.Mg.H2O.2O/h;;;1H2;;/q3*+2;;2*-2/p-1. The van der Waals surface area contributed by atoms with Crippen LogP contribution in [0, 0.1) is 0 Å². The van der Waals surface area contributed by atoms with Gasteiger partial charge in [-0.2, -0.15) is 0 Å². The summed E-state index contributed by atoms with van der Waals surface area (Å²) in [5.41, 5.74) is 0. The van der Waals surface area contributed by atoms with Gasteiger partial charge in [0.15, 0.2) is 0 Å². The Labute approximate surface area is 112 Å². The summed E-state index contributed by atoms with van der Waals surface area (Å²) in [6.07, 6.45) is 0. The molecule has 6 heteroatoms. The third-order valence-electron chi connectivity index (χ3n) is 0. The molecule has 0 amide bonds. The van der Waals surface area contributed by atoms with E-state index in [2.05, 4.69) is 0 Å². The Kier molecular flexibility index (Phi) is 425. The third-order valence-corrected chi connectivity index (χ3v) is 0. The monoisotopic (exact) mass is 153 g/mol. The van der Waals surface area contributed by atoms with E-state index in [9.17, 15) is 0 Å². The summed E-state index contributed by atoms with van der Waals surface area (Å²) in [6.45, 7) is 0. The van der Waals surface area contributed by atoms with Gasteiger partial charge in [0.2, 0.25) is 0 Å². The van der Waals surface area contributed by atoms with Crippen LogP contribution >= 0.6 is 0 Å². The van der Waals surface area contributed by atoms with Gasteiger partial charge >= 0.3 is 98.5 Å². The average molecular weight is 153 g/mol. The maximum absolute atomic E-state index is 0. The fraction of sp³-hybridized carbons (Fsp3) is 0. The molecule has 0 aromatic heterocycles. The first kappa shape index (κ1) is 61.0. The summed E-state index contributed by atoms with van der Waals surface area (Å²) in [5.74, 6) is 0. The van der Waals surface area contributed by atoms with Crippen LogP contribution in [0.4, 0.5) is 0 Å². The van der Waals surface area contributed by atoms with Crippen molar-refractivity contribution in [3.05, 3.63) is 0 Å². The summed E-state index contributed by atoms with van der Waals surface area (Å²) in [6, 6.07) is 0. The Morgan fingerprint density at radius 1 is 0.667 bits per heavy atom. The molecule has 0 aromatic rings. The molecule has 0 aliphatic rings. The molecular formula is HCa2MgO3+. The van der Waals surface area contributed by atoms with Gasteiger partial charge in [0, 0.05) is 0 Å². The van der Waals surface area contributed by atoms with E-state index in [4.69, 9.17) is 0 Å². The summed E-state index contributed by atoms with van der Waals surface area (Å²) >= 11 is 0. The SMILES string of the molecule is [Ca+2].[Ca+2].[Mg+2].[O-2].[O-2].[OH-]. The van der Waals surface area contributed by atoms with Crippen LogP contribution in [0.1, 0.15) is 0 Å². The minimum atomic E-state index is 0. The minimum absolute atomic E-state index is 0. The molecule has 0 saturated carbocycles. The zero-order valence-corrected chi connectivity index (χ0v) is 9.22. The van der Waals surface area contributed by atoms with Gasteiger partial charge in [0.1, 0.15) is 0 Å². The Morgan fingerprint density at radius 2 is 0.667 bits per heavy atom. The van der Waals surface area contributed by atoms with Crippen molar-refractivity contribution >= 4 is 98.5 Å². The number of hydrogen-bond donors (Lipinski definition) is 0. The summed E-state index contributed by atoms with van der Waals surface area (Å²) < 4.78 is 0. The normalized spacial score (nSPS) is 0. The predicted octanol–water partition coefficient (Wildman–Crippen LogP) is -1.56. The van der Waals surface area contributed by atoms with E-state index in [1.807, 2.05) is 0 Å². The van der Waals surface area contributed by atoms with Crippen molar-refractivity contribution in [1.82, 2.24) is 0 Å². The molecule has 0 aromatic carbocycles. The molecular weight excluding hydrogens is 152 g/mol. The molecule has 0 fully saturated rings. The van der Waals surface area contributed by atoms with Crippen LogP contribution in [-0.4, -0.2) is 104 Å². The Bertz CT molecular complexity index is 8.75. The molecule has 0 aliphatic heterocycles. The number of rotatable bonds is 0. The van der Waals surface area contributed by atoms with Gasteiger partial charge < -0.3 is 16.4 Å². The largest absolute Gasteiger partial charge is 2.00 e. The van der Waals surface area contributed by atoms with E-state index < -0.39 is 0 Å². The third kappa shape index (κ3) is 27.2. The van der Waals surface area contributed by atoms with Crippen molar-refractivity contribution in [1.29, 1.82) is 0 Å². The zero-order valence-electron chi connectivity index (χ0n) is 3.39. The number of hydrogen-bond acceptors (Lipinski definition) is 1. The van der Waals surface area contributed by atoms with Crippen LogP contribution in [0.25, 0.3) is 0 Å². The second-order valence-corrected chi connectivity index (χ2v) is 0. The maximum Gasteiger partial charge on any atom is 2.00 e. The molecule has 0 aliphatic carbocycles. The quantitative estimate of drug-likeness (QED) is 0.387. The average Bonchev–Trinajstić information content (AvgIpc) is 0. The van der Waals surface area contributed by atoms with Crippen LogP contribution in [-0.2, 0) is 11.0 Å². The molecule has 0 atom stereocenters. The van der Waals surface area contributed by atoms with Crippen LogP contribution in [0.15, 0.2) is 0 Å². The van der Waals surface area contributed by atoms with Gasteiger partial charge in [-0.15, -0.1) is 0 Å². The Morgan fingerprint density at radius 3 is 0.667 bits per heavy atom. The smallest absolute Gasteiger partial charge is 2.00 e. The molecule has 24 valence electrons. The fourth-order valence-electron chi connectivity index (χ4n) is 0. The first-order chi connectivity index (χ1) is 0. The first-order valence-electron chi connectivity index (χ1n) is 0. The molecule has 0 unspecified atom stereocenters. The second-order valence-electron chi connectivity index (χ2n) is 0. The Balaban J connectivity index is 0. The van der Waals surface area contributed by atoms with E-state index >= 15 is 0 Å². The van der Waals surface area contributed by atoms with E-state index in [1.165, 1.54) is 0 Å². The van der Waals surface area contributed by atoms with E-state index in [0.29, 0.717) is 0 Å². The van der Waals surface area contributed by atoms with Crippen LogP contribution < -0.4 is 0 Å². The van der Waals surface area contributed by atoms with Crippen molar-refractivity contribution in [3.63, 3.8) is 0 Å². The summed E-state index contributed by atoms with van der Waals surface area (Å²) in [5, 5.41) is 0. The molecule has 6 heavy (non-hydrogen) atoms. The molecule has 0 saturated heterocycles. The van der Waals surface area contributed by atoms with Crippen molar-refractivity contribution in [2.75, 3.05) is 0 Å². The van der Waals surface area contributed by atoms with Gasteiger partial charge in [-0.05, 0) is 0 Å². The molecule has 0 heterocycles. The minimum Gasteiger partial charge on any atom is -2.00 e. The van der Waals surface area contributed by atoms with E-state index in [-0.39, 0.29) is 115 Å². The molecule has 0 bridgehead atoms. The van der Waals surface area contributed by atoms with E-state index in [0.717, 1.165) is 0 Å². The van der Waals surface area contributed by atoms with Crippen molar-refractivity contribution in [2.45, 2.75) is 0 Å². The molecule has 0 spiro atoms. The van der Waals surface area contributed by atoms with Gasteiger partial charge in [0.05, 0.1) is 0 Å². The van der Waals surface area contributed by atoms with E-state index in [1.54, 1.807) is 0 Å².